The van der Waals surface area contributed by atoms with Crippen molar-refractivity contribution < 1.29 is 0 Å². The maximum Gasteiger partial charge on any atom is 0.0950 e. The van der Waals surface area contributed by atoms with Gasteiger partial charge >= 0.3 is 0 Å². The molecule has 0 spiro atoms. The van der Waals surface area contributed by atoms with Crippen molar-refractivity contribution in [2.75, 3.05) is 5.32 Å². The molecule has 19 heavy (non-hydrogen) atoms. The van der Waals surface area contributed by atoms with Gasteiger partial charge in [-0.05, 0) is 24.1 Å². The topological polar surface area (TPSA) is 37.8 Å². The van der Waals surface area contributed by atoms with E-state index in [4.69, 9.17) is 0 Å². The number of benzene rings is 2. The van der Waals surface area contributed by atoms with Gasteiger partial charge in [-0.15, -0.1) is 0 Å². The lowest BCUT2D eigenvalue weighted by molar-refractivity contribution is 1.06. The highest BCUT2D eigenvalue weighted by atomic mass is 15.1. The molecule has 0 unspecified atom stereocenters. The van der Waals surface area contributed by atoms with E-state index in [0.717, 1.165) is 23.1 Å². The van der Waals surface area contributed by atoms with Crippen LogP contribution in [0.15, 0.2) is 54.7 Å². The largest absolute Gasteiger partial charge is 0.379 e. The van der Waals surface area contributed by atoms with Crippen LogP contribution in [0.25, 0.3) is 10.9 Å². The molecule has 0 aliphatic heterocycles. The van der Waals surface area contributed by atoms with E-state index in [2.05, 4.69) is 52.8 Å². The zero-order chi connectivity index (χ0) is 13.1. The summed E-state index contributed by atoms with van der Waals surface area (Å²) in [4.78, 5) is 0. The van der Waals surface area contributed by atoms with Crippen molar-refractivity contribution in [2.24, 2.45) is 0 Å². The molecule has 1 N–H and O–H groups in total. The minimum atomic E-state index is 0.794. The van der Waals surface area contributed by atoms with Gasteiger partial charge in [0.25, 0.3) is 0 Å². The highest BCUT2D eigenvalue weighted by molar-refractivity contribution is 5.90. The number of rotatable bonds is 3. The molecule has 0 saturated carbocycles. The Kier molecular flexibility index (Phi) is 3.11. The zero-order valence-electron chi connectivity index (χ0n) is 10.8. The average molecular weight is 249 g/mol. The summed E-state index contributed by atoms with van der Waals surface area (Å²) >= 11 is 0. The molecular formula is C16H15N3. The summed E-state index contributed by atoms with van der Waals surface area (Å²) in [5.41, 5.74) is 4.52. The Bertz CT molecular complexity index is 702. The van der Waals surface area contributed by atoms with E-state index in [1.807, 2.05) is 18.2 Å². The van der Waals surface area contributed by atoms with Gasteiger partial charge in [0.1, 0.15) is 0 Å². The molecule has 3 heteroatoms. The Morgan fingerprint density at radius 2 is 1.79 bits per heavy atom. The first-order chi connectivity index (χ1) is 9.34. The summed E-state index contributed by atoms with van der Waals surface area (Å²) < 4.78 is 0. The molecule has 0 aliphatic carbocycles. The highest BCUT2D eigenvalue weighted by Crippen LogP contribution is 2.20. The third kappa shape index (κ3) is 2.40. The normalized spacial score (nSPS) is 10.6. The molecule has 1 aromatic heterocycles. The lowest BCUT2D eigenvalue weighted by Gasteiger charge is -2.10. The van der Waals surface area contributed by atoms with Crippen molar-refractivity contribution in [3.63, 3.8) is 0 Å². The van der Waals surface area contributed by atoms with Crippen molar-refractivity contribution in [1.82, 2.24) is 10.2 Å². The molecule has 0 amide bonds. The molecule has 1 heterocycles. The molecule has 0 atom stereocenters. The van der Waals surface area contributed by atoms with E-state index in [1.54, 1.807) is 6.20 Å². The van der Waals surface area contributed by atoms with Crippen molar-refractivity contribution >= 4 is 16.6 Å². The summed E-state index contributed by atoms with van der Waals surface area (Å²) in [6, 6.07) is 16.4. The van der Waals surface area contributed by atoms with E-state index >= 15 is 0 Å². The number of hydrogen-bond acceptors (Lipinski definition) is 3. The summed E-state index contributed by atoms with van der Waals surface area (Å²) in [5, 5.41) is 12.7. The highest BCUT2D eigenvalue weighted by Gasteiger charge is 2.02. The van der Waals surface area contributed by atoms with E-state index in [-0.39, 0.29) is 0 Å². The van der Waals surface area contributed by atoms with Gasteiger partial charge in [0.15, 0.2) is 0 Å². The van der Waals surface area contributed by atoms with E-state index in [0.29, 0.717) is 0 Å². The number of aryl methyl sites for hydroxylation is 1. The van der Waals surface area contributed by atoms with Crippen molar-refractivity contribution in [3.05, 3.63) is 65.9 Å². The third-order valence-corrected chi connectivity index (χ3v) is 3.28. The molecular weight excluding hydrogens is 234 g/mol. The predicted molar refractivity (Wildman–Crippen MR) is 78.0 cm³/mol. The third-order valence-electron chi connectivity index (χ3n) is 3.28. The van der Waals surface area contributed by atoms with Gasteiger partial charge in [0.2, 0.25) is 0 Å². The average Bonchev–Trinajstić information content (AvgIpc) is 2.46. The summed E-state index contributed by atoms with van der Waals surface area (Å²) in [7, 11) is 0. The van der Waals surface area contributed by atoms with Gasteiger partial charge in [-0.3, -0.25) is 0 Å². The van der Waals surface area contributed by atoms with Crippen LogP contribution in [0.2, 0.25) is 0 Å². The maximum absolute atomic E-state index is 4.12. The van der Waals surface area contributed by atoms with Gasteiger partial charge < -0.3 is 5.32 Å². The van der Waals surface area contributed by atoms with Crippen molar-refractivity contribution in [3.8, 4) is 0 Å². The van der Waals surface area contributed by atoms with Crippen LogP contribution in [0.5, 0.6) is 0 Å². The Labute approximate surface area is 112 Å². The fraction of sp³-hybridized carbons (Fsp3) is 0.125. The quantitative estimate of drug-likeness (QED) is 0.771. The van der Waals surface area contributed by atoms with E-state index < -0.39 is 0 Å². The van der Waals surface area contributed by atoms with Gasteiger partial charge in [-0.1, -0.05) is 42.5 Å². The predicted octanol–water partition coefficient (Wildman–Crippen LogP) is 3.55. The molecule has 2 aromatic carbocycles. The van der Waals surface area contributed by atoms with Crippen LogP contribution in [0.1, 0.15) is 11.1 Å². The van der Waals surface area contributed by atoms with Crippen LogP contribution in [0.4, 0.5) is 5.69 Å². The first-order valence-corrected chi connectivity index (χ1v) is 6.33. The Morgan fingerprint density at radius 3 is 2.68 bits per heavy atom. The van der Waals surface area contributed by atoms with E-state index in [9.17, 15) is 0 Å². The molecule has 3 rings (SSSR count). The number of nitrogens with one attached hydrogen (secondary N) is 1. The smallest absolute Gasteiger partial charge is 0.0950 e. The van der Waals surface area contributed by atoms with Crippen LogP contribution in [0.3, 0.4) is 0 Å². The number of nitrogens with zero attached hydrogens (tertiary/aromatic N) is 2. The lowest BCUT2D eigenvalue weighted by Crippen LogP contribution is -2.02. The van der Waals surface area contributed by atoms with Gasteiger partial charge in [-0.2, -0.15) is 10.2 Å². The zero-order valence-corrected chi connectivity index (χ0v) is 10.8. The van der Waals surface area contributed by atoms with Gasteiger partial charge in [-0.25, -0.2) is 0 Å². The number of aromatic nitrogens is 2. The van der Waals surface area contributed by atoms with Gasteiger partial charge in [0.05, 0.1) is 17.4 Å². The van der Waals surface area contributed by atoms with Crippen LogP contribution >= 0.6 is 0 Å². The van der Waals surface area contributed by atoms with Crippen LogP contribution < -0.4 is 5.32 Å². The summed E-state index contributed by atoms with van der Waals surface area (Å²) in [6.45, 7) is 2.92. The number of anilines is 1. The van der Waals surface area contributed by atoms with Crippen molar-refractivity contribution in [2.45, 2.75) is 13.5 Å². The summed E-state index contributed by atoms with van der Waals surface area (Å²) in [6.07, 6.45) is 1.78. The number of hydrogen-bond donors (Lipinski definition) is 1. The van der Waals surface area contributed by atoms with Crippen LogP contribution in [-0.4, -0.2) is 10.2 Å². The molecule has 0 aliphatic rings. The van der Waals surface area contributed by atoms with Crippen molar-refractivity contribution in [1.29, 1.82) is 0 Å². The Balaban J connectivity index is 1.88. The Hall–Kier alpha value is -2.42. The molecule has 0 bridgehead atoms. The molecule has 3 aromatic rings. The lowest BCUT2D eigenvalue weighted by atomic mass is 10.1. The SMILES string of the molecule is Cc1ccccc1CNc1cnnc2ccccc12. The fourth-order valence-corrected chi connectivity index (χ4v) is 2.15. The first-order valence-electron chi connectivity index (χ1n) is 6.33. The second-order valence-electron chi connectivity index (χ2n) is 4.56. The standard InChI is InChI=1S/C16H15N3/c1-12-6-2-3-7-13(12)10-17-16-11-18-19-15-9-5-4-8-14(15)16/h2-9,11H,10H2,1H3,(H,17,19). The maximum atomic E-state index is 4.12. The van der Waals surface area contributed by atoms with E-state index in [1.165, 1.54) is 11.1 Å². The second kappa shape index (κ2) is 5.06. The fourth-order valence-electron chi connectivity index (χ4n) is 2.15. The minimum Gasteiger partial charge on any atom is -0.379 e. The van der Waals surface area contributed by atoms with Crippen LogP contribution in [-0.2, 0) is 6.54 Å². The molecule has 94 valence electrons. The van der Waals surface area contributed by atoms with Crippen LogP contribution in [0, 0.1) is 6.92 Å². The molecule has 0 fully saturated rings. The second-order valence-corrected chi connectivity index (χ2v) is 4.56. The monoisotopic (exact) mass is 249 g/mol. The molecule has 3 nitrogen and oxygen atoms in total. The summed E-state index contributed by atoms with van der Waals surface area (Å²) in [5.74, 6) is 0. The molecule has 0 saturated heterocycles. The minimum absolute atomic E-state index is 0.794. The van der Waals surface area contributed by atoms with Gasteiger partial charge in [0, 0.05) is 11.9 Å². The molecule has 0 radical (unpaired) electrons. The first kappa shape index (κ1) is 11.7. The Morgan fingerprint density at radius 1 is 1.00 bits per heavy atom. The number of fused-ring (bicyclic) bond motifs is 1.